The lowest BCUT2D eigenvalue weighted by Crippen LogP contribution is -2.48. The van der Waals surface area contributed by atoms with Gasteiger partial charge in [-0.25, -0.2) is 13.2 Å². The van der Waals surface area contributed by atoms with Crippen LogP contribution in [0.15, 0.2) is 36.4 Å². The molecule has 0 aliphatic carbocycles. The minimum Gasteiger partial charge on any atom is -0.352 e. The van der Waals surface area contributed by atoms with Crippen molar-refractivity contribution in [2.24, 2.45) is 5.73 Å². The Morgan fingerprint density at radius 2 is 1.87 bits per heavy atom. The van der Waals surface area contributed by atoms with Gasteiger partial charge in [-0.1, -0.05) is 0 Å². The van der Waals surface area contributed by atoms with Crippen molar-refractivity contribution in [3.8, 4) is 11.3 Å². The fourth-order valence-electron chi connectivity index (χ4n) is 3.47. The van der Waals surface area contributed by atoms with Crippen molar-refractivity contribution in [1.29, 1.82) is 0 Å². The highest BCUT2D eigenvalue weighted by molar-refractivity contribution is 5.92. The summed E-state index contributed by atoms with van der Waals surface area (Å²) in [6.45, 7) is 1.80. The average Bonchev–Trinajstić information content (AvgIpc) is 3.06. The highest BCUT2D eigenvalue weighted by atomic mass is 19.1. The van der Waals surface area contributed by atoms with Crippen LogP contribution < -0.4 is 11.1 Å². The number of H-pyrrole nitrogens is 1. The summed E-state index contributed by atoms with van der Waals surface area (Å²) in [6.07, 6.45) is 1.05. The van der Waals surface area contributed by atoms with Gasteiger partial charge in [0.15, 0.2) is 0 Å². The summed E-state index contributed by atoms with van der Waals surface area (Å²) in [5.74, 6) is -2.33. The zero-order valence-electron chi connectivity index (χ0n) is 16.4. The smallest absolute Gasteiger partial charge is 0.221 e. The summed E-state index contributed by atoms with van der Waals surface area (Å²) in [5.41, 5.74) is 6.09. The molecule has 0 aliphatic heterocycles. The summed E-state index contributed by atoms with van der Waals surface area (Å²) in [4.78, 5) is 26.7. The van der Waals surface area contributed by atoms with Crippen LogP contribution in [0.4, 0.5) is 13.2 Å². The molecule has 1 heterocycles. The molecule has 0 aliphatic rings. The molecule has 3 aromatic rings. The van der Waals surface area contributed by atoms with Crippen LogP contribution in [0.2, 0.25) is 0 Å². The largest absolute Gasteiger partial charge is 0.352 e. The third kappa shape index (κ3) is 4.54. The van der Waals surface area contributed by atoms with Gasteiger partial charge in [-0.3, -0.25) is 4.79 Å². The number of nitrogens with one attached hydrogen (secondary N) is 2. The van der Waals surface area contributed by atoms with Crippen LogP contribution in [0.5, 0.6) is 0 Å². The number of rotatable bonds is 8. The Bertz CT molecular complexity index is 1080. The maximum absolute atomic E-state index is 14.3. The molecule has 0 saturated carbocycles. The van der Waals surface area contributed by atoms with Gasteiger partial charge in [-0.15, -0.1) is 0 Å². The molecule has 1 aromatic heterocycles. The molecule has 5 nitrogen and oxygen atoms in total. The van der Waals surface area contributed by atoms with Crippen LogP contribution in [0.3, 0.4) is 0 Å². The second-order valence-corrected chi connectivity index (χ2v) is 7.42. The van der Waals surface area contributed by atoms with Gasteiger partial charge in [0.05, 0.1) is 11.1 Å². The van der Waals surface area contributed by atoms with E-state index in [1.165, 1.54) is 30.3 Å². The molecule has 3 rings (SSSR count). The summed E-state index contributed by atoms with van der Waals surface area (Å²) in [5, 5.41) is 2.95. The van der Waals surface area contributed by atoms with E-state index < -0.39 is 28.9 Å². The Labute approximate surface area is 171 Å². The molecule has 0 fully saturated rings. The lowest BCUT2D eigenvalue weighted by molar-refractivity contribution is -0.126. The van der Waals surface area contributed by atoms with E-state index in [9.17, 15) is 22.8 Å². The summed E-state index contributed by atoms with van der Waals surface area (Å²) in [6, 6.07) is 7.52. The summed E-state index contributed by atoms with van der Waals surface area (Å²) >= 11 is 0. The molecule has 2 aromatic carbocycles. The molecule has 30 heavy (non-hydrogen) atoms. The van der Waals surface area contributed by atoms with E-state index in [1.807, 2.05) is 0 Å². The normalized spacial score (nSPS) is 13.2. The maximum atomic E-state index is 14.3. The van der Waals surface area contributed by atoms with Crippen LogP contribution in [0.25, 0.3) is 22.2 Å². The van der Waals surface area contributed by atoms with Gasteiger partial charge in [0.2, 0.25) is 5.91 Å². The first kappa shape index (κ1) is 21.6. The van der Waals surface area contributed by atoms with Gasteiger partial charge in [0.25, 0.3) is 0 Å². The highest BCUT2D eigenvalue weighted by Gasteiger charge is 2.25. The molecule has 1 amide bonds. The van der Waals surface area contributed by atoms with E-state index in [0.717, 1.165) is 6.07 Å². The Hall–Kier alpha value is -3.13. The van der Waals surface area contributed by atoms with Gasteiger partial charge >= 0.3 is 0 Å². The number of carbonyl (C=O) groups is 2. The Morgan fingerprint density at radius 1 is 1.17 bits per heavy atom. The molecule has 4 N–H and O–H groups in total. The number of fused-ring (bicyclic) bond motifs is 1. The lowest BCUT2D eigenvalue weighted by atomic mass is 9.98. The van der Waals surface area contributed by atoms with E-state index >= 15 is 0 Å². The molecule has 8 heteroatoms. The van der Waals surface area contributed by atoms with Gasteiger partial charge in [-0.2, -0.15) is 0 Å². The number of halogens is 3. The van der Waals surface area contributed by atoms with Crippen LogP contribution >= 0.6 is 0 Å². The van der Waals surface area contributed by atoms with Gasteiger partial charge in [0, 0.05) is 23.6 Å². The number of aldehydes is 1. The number of aromatic amines is 1. The molecule has 1 atom stereocenters. The van der Waals surface area contributed by atoms with Crippen LogP contribution in [0.1, 0.15) is 25.3 Å². The fourth-order valence-corrected chi connectivity index (χ4v) is 3.47. The first-order valence-electron chi connectivity index (χ1n) is 9.49. The number of aryl methyl sites for hydroxylation is 1. The van der Waals surface area contributed by atoms with Crippen LogP contribution in [-0.2, 0) is 16.0 Å². The number of nitrogens with two attached hydrogens (primary N) is 1. The Morgan fingerprint density at radius 3 is 2.50 bits per heavy atom. The highest BCUT2D eigenvalue weighted by Crippen LogP contribution is 2.33. The van der Waals surface area contributed by atoms with Gasteiger partial charge in [-0.05, 0) is 67.8 Å². The van der Waals surface area contributed by atoms with Crippen molar-refractivity contribution in [1.82, 2.24) is 10.3 Å². The Kier molecular flexibility index (Phi) is 6.26. The number of hydrogen-bond acceptors (Lipinski definition) is 3. The molecular formula is C22H22F3N3O2. The third-order valence-corrected chi connectivity index (χ3v) is 5.02. The van der Waals surface area contributed by atoms with Crippen molar-refractivity contribution < 1.29 is 22.8 Å². The van der Waals surface area contributed by atoms with E-state index in [4.69, 9.17) is 5.73 Å². The van der Waals surface area contributed by atoms with E-state index in [0.29, 0.717) is 28.5 Å². The van der Waals surface area contributed by atoms with E-state index in [2.05, 4.69) is 10.3 Å². The predicted molar refractivity (Wildman–Crippen MR) is 108 cm³/mol. The van der Waals surface area contributed by atoms with Crippen molar-refractivity contribution in [3.05, 3.63) is 59.4 Å². The summed E-state index contributed by atoms with van der Waals surface area (Å²) < 4.78 is 41.5. The van der Waals surface area contributed by atoms with Crippen molar-refractivity contribution in [2.45, 2.75) is 31.7 Å². The minimum atomic E-state index is -1.08. The molecule has 0 bridgehead atoms. The SMILES string of the molecule is CC(C=O)(CCN)NC(=O)CCc1c(-c2ccc(F)cc2)[nH]c2c(F)cc(F)cc12. The van der Waals surface area contributed by atoms with Crippen LogP contribution in [-0.4, -0.2) is 29.3 Å². The summed E-state index contributed by atoms with van der Waals surface area (Å²) in [7, 11) is 0. The predicted octanol–water partition coefficient (Wildman–Crippen LogP) is 3.61. The van der Waals surface area contributed by atoms with Gasteiger partial charge in [0.1, 0.15) is 23.7 Å². The Balaban J connectivity index is 1.95. The molecular weight excluding hydrogens is 395 g/mol. The molecule has 0 radical (unpaired) electrons. The quantitative estimate of drug-likeness (QED) is 0.490. The first-order valence-corrected chi connectivity index (χ1v) is 9.49. The molecule has 0 saturated heterocycles. The second kappa shape index (κ2) is 8.71. The van der Waals surface area contributed by atoms with E-state index in [-0.39, 0.29) is 31.3 Å². The van der Waals surface area contributed by atoms with E-state index in [1.54, 1.807) is 6.92 Å². The number of benzene rings is 2. The third-order valence-electron chi connectivity index (χ3n) is 5.02. The molecule has 1 unspecified atom stereocenters. The van der Waals surface area contributed by atoms with Crippen molar-refractivity contribution in [2.75, 3.05) is 6.54 Å². The number of aromatic nitrogens is 1. The monoisotopic (exact) mass is 417 g/mol. The van der Waals surface area contributed by atoms with Crippen molar-refractivity contribution >= 4 is 23.1 Å². The molecule has 158 valence electrons. The zero-order chi connectivity index (χ0) is 21.9. The van der Waals surface area contributed by atoms with Crippen LogP contribution in [0, 0.1) is 17.5 Å². The maximum Gasteiger partial charge on any atom is 0.221 e. The standard InChI is InChI=1S/C22H22F3N3O2/c1-22(12-29,8-9-26)28-19(30)7-6-16-17-10-15(24)11-18(25)21(17)27-20(16)13-2-4-14(23)5-3-13/h2-5,10-12,27H,6-9,26H2,1H3,(H,28,30). The fraction of sp³-hybridized carbons (Fsp3) is 0.273. The first-order chi connectivity index (χ1) is 14.3. The number of hydrogen-bond donors (Lipinski definition) is 3. The number of carbonyl (C=O) groups excluding carboxylic acids is 2. The lowest BCUT2D eigenvalue weighted by Gasteiger charge is -2.24. The minimum absolute atomic E-state index is 0.0206. The zero-order valence-corrected chi connectivity index (χ0v) is 16.4. The van der Waals surface area contributed by atoms with Crippen molar-refractivity contribution in [3.63, 3.8) is 0 Å². The average molecular weight is 417 g/mol. The second-order valence-electron chi connectivity index (χ2n) is 7.42. The topological polar surface area (TPSA) is 88.0 Å². The molecule has 0 spiro atoms. The number of amides is 1. The van der Waals surface area contributed by atoms with Gasteiger partial charge < -0.3 is 20.8 Å².